The molecule has 29 heavy (non-hydrogen) atoms. The number of anilines is 1. The van der Waals surface area contributed by atoms with E-state index in [1.807, 2.05) is 13.8 Å². The molecule has 0 spiro atoms. The fraction of sp³-hybridized carbons (Fsp3) is 0.381. The van der Waals surface area contributed by atoms with Crippen LogP contribution in [0.4, 0.5) is 5.69 Å². The summed E-state index contributed by atoms with van der Waals surface area (Å²) in [5, 5.41) is 2.96. The van der Waals surface area contributed by atoms with Crippen LogP contribution in [0.1, 0.15) is 37.0 Å². The number of hydrogen-bond donors (Lipinski definition) is 1. The summed E-state index contributed by atoms with van der Waals surface area (Å²) in [5.41, 5.74) is 0.927. The molecule has 0 saturated heterocycles. The van der Waals surface area contributed by atoms with Crippen LogP contribution in [0.25, 0.3) is 0 Å². The Hall–Kier alpha value is -2.74. The Morgan fingerprint density at radius 1 is 1.00 bits per heavy atom. The van der Waals surface area contributed by atoms with Gasteiger partial charge in [0.25, 0.3) is 15.9 Å². The monoisotopic (exact) mass is 420 g/mol. The first-order valence-electron chi connectivity index (χ1n) is 9.40. The van der Waals surface area contributed by atoms with Gasteiger partial charge in [-0.1, -0.05) is 13.8 Å². The van der Waals surface area contributed by atoms with Crippen LogP contribution < -0.4 is 19.1 Å². The number of amides is 1. The van der Waals surface area contributed by atoms with Crippen molar-refractivity contribution in [3.05, 3.63) is 48.0 Å². The molecule has 0 unspecified atom stereocenters. The third-order valence-electron chi connectivity index (χ3n) is 4.83. The molecule has 1 amide bonds. The summed E-state index contributed by atoms with van der Waals surface area (Å²) in [6.45, 7) is 4.04. The minimum absolute atomic E-state index is 0.0770. The van der Waals surface area contributed by atoms with Crippen LogP contribution in [0.15, 0.2) is 47.4 Å². The van der Waals surface area contributed by atoms with E-state index in [2.05, 4.69) is 5.32 Å². The van der Waals surface area contributed by atoms with E-state index in [0.717, 1.165) is 17.1 Å². The van der Waals surface area contributed by atoms with E-state index in [9.17, 15) is 13.2 Å². The van der Waals surface area contributed by atoms with Gasteiger partial charge in [-0.15, -0.1) is 0 Å². The predicted molar refractivity (Wildman–Crippen MR) is 113 cm³/mol. The summed E-state index contributed by atoms with van der Waals surface area (Å²) in [4.78, 5) is 12.4. The first kappa shape index (κ1) is 22.5. The van der Waals surface area contributed by atoms with Gasteiger partial charge in [0, 0.05) is 24.7 Å². The van der Waals surface area contributed by atoms with Gasteiger partial charge < -0.3 is 14.8 Å². The van der Waals surface area contributed by atoms with Crippen LogP contribution in [0.2, 0.25) is 0 Å². The largest absolute Gasteiger partial charge is 0.493 e. The lowest BCUT2D eigenvalue weighted by Crippen LogP contribution is -2.33. The van der Waals surface area contributed by atoms with Gasteiger partial charge in [0.15, 0.2) is 11.5 Å². The number of carbonyl (C=O) groups is 1. The molecule has 0 radical (unpaired) electrons. The van der Waals surface area contributed by atoms with Crippen molar-refractivity contribution in [3.63, 3.8) is 0 Å². The number of hydrogen-bond acceptors (Lipinski definition) is 5. The number of nitrogens with one attached hydrogen (secondary N) is 1. The van der Waals surface area contributed by atoms with Gasteiger partial charge in [0.05, 0.1) is 24.8 Å². The molecule has 158 valence electrons. The number of nitrogens with zero attached hydrogens (tertiary/aromatic N) is 1. The van der Waals surface area contributed by atoms with E-state index in [1.165, 1.54) is 33.4 Å². The van der Waals surface area contributed by atoms with E-state index in [-0.39, 0.29) is 16.8 Å². The summed E-state index contributed by atoms with van der Waals surface area (Å²) in [5.74, 6) is 0.605. The van der Waals surface area contributed by atoms with Crippen molar-refractivity contribution in [2.75, 3.05) is 25.6 Å². The Morgan fingerprint density at radius 3 is 2.10 bits per heavy atom. The molecule has 0 heterocycles. The number of methoxy groups -OCH3 is 2. The molecule has 2 aromatic rings. The molecule has 0 fully saturated rings. The highest BCUT2D eigenvalue weighted by molar-refractivity contribution is 7.92. The van der Waals surface area contributed by atoms with Crippen molar-refractivity contribution in [3.8, 4) is 11.5 Å². The zero-order chi connectivity index (χ0) is 21.6. The standard InChI is InChI=1S/C21H28N2O5S/c1-6-16(7-2)22-21(24)15-8-10-17(11-9-15)23(3)29(25,26)18-12-13-19(27-4)20(14-18)28-5/h8-14,16H,6-7H2,1-5H3,(H,22,24). The Labute approximate surface area is 172 Å². The van der Waals surface area contributed by atoms with E-state index in [0.29, 0.717) is 22.7 Å². The lowest BCUT2D eigenvalue weighted by atomic mass is 10.1. The average Bonchev–Trinajstić information content (AvgIpc) is 2.76. The van der Waals surface area contributed by atoms with Crippen LogP contribution in [-0.4, -0.2) is 41.6 Å². The highest BCUT2D eigenvalue weighted by atomic mass is 32.2. The lowest BCUT2D eigenvalue weighted by molar-refractivity contribution is 0.0935. The second kappa shape index (κ2) is 9.65. The van der Waals surface area contributed by atoms with Crippen LogP contribution in [0, 0.1) is 0 Å². The van der Waals surface area contributed by atoms with Crippen molar-refractivity contribution in [1.82, 2.24) is 5.32 Å². The Morgan fingerprint density at radius 2 is 1.59 bits per heavy atom. The number of ether oxygens (including phenoxy) is 2. The normalized spacial score (nSPS) is 11.2. The molecule has 0 aromatic heterocycles. The Balaban J connectivity index is 2.25. The average molecular weight is 421 g/mol. The minimum atomic E-state index is -3.81. The molecule has 0 bridgehead atoms. The van der Waals surface area contributed by atoms with Crippen molar-refractivity contribution < 1.29 is 22.7 Å². The molecule has 0 aliphatic heterocycles. The van der Waals surface area contributed by atoms with Gasteiger partial charge in [-0.05, 0) is 49.2 Å². The SMILES string of the molecule is CCC(CC)NC(=O)c1ccc(N(C)S(=O)(=O)c2ccc(OC)c(OC)c2)cc1. The molecule has 0 aliphatic rings. The zero-order valence-electron chi connectivity index (χ0n) is 17.4. The van der Waals surface area contributed by atoms with Crippen LogP contribution in [-0.2, 0) is 10.0 Å². The predicted octanol–water partition coefficient (Wildman–Crippen LogP) is 3.45. The maximum Gasteiger partial charge on any atom is 0.264 e. The van der Waals surface area contributed by atoms with Crippen LogP contribution in [0.5, 0.6) is 11.5 Å². The third kappa shape index (κ3) is 5.00. The first-order valence-corrected chi connectivity index (χ1v) is 10.8. The molecular weight excluding hydrogens is 392 g/mol. The summed E-state index contributed by atoms with van der Waals surface area (Å²) in [6, 6.07) is 11.0. The molecule has 0 atom stereocenters. The van der Waals surface area contributed by atoms with Crippen molar-refractivity contribution in [2.24, 2.45) is 0 Å². The minimum Gasteiger partial charge on any atom is -0.493 e. The van der Waals surface area contributed by atoms with Crippen molar-refractivity contribution in [2.45, 2.75) is 37.6 Å². The van der Waals surface area contributed by atoms with Gasteiger partial charge >= 0.3 is 0 Å². The highest BCUT2D eigenvalue weighted by Crippen LogP contribution is 2.31. The van der Waals surface area contributed by atoms with Crippen LogP contribution >= 0.6 is 0 Å². The molecule has 8 heteroatoms. The fourth-order valence-electron chi connectivity index (χ4n) is 2.86. The second-order valence-corrected chi connectivity index (χ2v) is 8.49. The number of rotatable bonds is 9. The Bertz CT molecular complexity index is 938. The van der Waals surface area contributed by atoms with E-state index in [1.54, 1.807) is 30.3 Å². The molecular formula is C21H28N2O5S. The summed E-state index contributed by atoms with van der Waals surface area (Å²) in [7, 11) is 0.584. The van der Waals surface area contributed by atoms with Crippen LogP contribution in [0.3, 0.4) is 0 Å². The quantitative estimate of drug-likeness (QED) is 0.672. The summed E-state index contributed by atoms with van der Waals surface area (Å²) < 4.78 is 37.5. The van der Waals surface area contributed by atoms with E-state index >= 15 is 0 Å². The molecule has 0 aliphatic carbocycles. The van der Waals surface area contributed by atoms with Crippen molar-refractivity contribution in [1.29, 1.82) is 0 Å². The number of carbonyl (C=O) groups excluding carboxylic acids is 1. The van der Waals surface area contributed by atoms with Gasteiger partial charge in [-0.3, -0.25) is 9.10 Å². The van der Waals surface area contributed by atoms with Gasteiger partial charge in [-0.2, -0.15) is 0 Å². The van der Waals surface area contributed by atoms with Crippen molar-refractivity contribution >= 4 is 21.6 Å². The lowest BCUT2D eigenvalue weighted by Gasteiger charge is -2.21. The smallest absolute Gasteiger partial charge is 0.264 e. The fourth-order valence-corrected chi connectivity index (χ4v) is 4.07. The van der Waals surface area contributed by atoms with Gasteiger partial charge in [-0.25, -0.2) is 8.42 Å². The molecule has 0 saturated carbocycles. The summed E-state index contributed by atoms with van der Waals surface area (Å²) in [6.07, 6.45) is 1.71. The van der Waals surface area contributed by atoms with E-state index in [4.69, 9.17) is 9.47 Å². The number of benzene rings is 2. The topological polar surface area (TPSA) is 84.9 Å². The second-order valence-electron chi connectivity index (χ2n) is 6.52. The highest BCUT2D eigenvalue weighted by Gasteiger charge is 2.23. The third-order valence-corrected chi connectivity index (χ3v) is 6.61. The first-order chi connectivity index (χ1) is 13.8. The van der Waals surface area contributed by atoms with Gasteiger partial charge in [0.2, 0.25) is 0 Å². The Kier molecular flexibility index (Phi) is 7.50. The maximum atomic E-state index is 13.0. The molecule has 1 N–H and O–H groups in total. The van der Waals surface area contributed by atoms with Gasteiger partial charge in [0.1, 0.15) is 0 Å². The molecule has 2 aromatic carbocycles. The number of sulfonamides is 1. The molecule has 7 nitrogen and oxygen atoms in total. The zero-order valence-corrected chi connectivity index (χ0v) is 18.2. The maximum absolute atomic E-state index is 13.0. The molecule has 2 rings (SSSR count). The van der Waals surface area contributed by atoms with E-state index < -0.39 is 10.0 Å². The summed E-state index contributed by atoms with van der Waals surface area (Å²) >= 11 is 0.